The topological polar surface area (TPSA) is 74.7 Å². The molecule has 0 aliphatic carbocycles. The first-order valence-electron chi connectivity index (χ1n) is 5.12. The number of likely N-dealkylation sites (tertiary alicyclic amines) is 1. The average molecular weight is 292 g/mol. The number of aliphatic carboxylic acids is 1. The summed E-state index contributed by atoms with van der Waals surface area (Å²) in [6.45, 7) is 4.01. The quantitative estimate of drug-likeness (QED) is 0.593. The molecule has 0 spiro atoms. The van der Waals surface area contributed by atoms with Crippen LogP contribution in [0.1, 0.15) is 26.7 Å². The predicted molar refractivity (Wildman–Crippen MR) is 58.2 cm³/mol. The zero-order valence-corrected chi connectivity index (χ0v) is 11.0. The van der Waals surface area contributed by atoms with Crippen LogP contribution in [0.4, 0.5) is 0 Å². The van der Waals surface area contributed by atoms with Gasteiger partial charge in [-0.1, -0.05) is 0 Å². The van der Waals surface area contributed by atoms with Gasteiger partial charge in [0.2, 0.25) is 0 Å². The van der Waals surface area contributed by atoms with E-state index in [9.17, 15) is 14.4 Å². The summed E-state index contributed by atoms with van der Waals surface area (Å²) in [6, 6.07) is -0.954. The van der Waals surface area contributed by atoms with Crippen LogP contribution in [0.25, 0.3) is 0 Å². The van der Waals surface area contributed by atoms with Crippen LogP contribution >= 0.6 is 0 Å². The summed E-state index contributed by atoms with van der Waals surface area (Å²) in [7, 11) is 0. The normalized spacial score (nSPS) is 18.3. The molecule has 1 aliphatic rings. The number of hydrogen-bond donors (Lipinski definition) is 1. The van der Waals surface area contributed by atoms with Crippen LogP contribution in [0.5, 0.6) is 0 Å². The minimum atomic E-state index is -1.08. The van der Waals surface area contributed by atoms with Crippen molar-refractivity contribution in [3.05, 3.63) is 0 Å². The molecule has 1 N–H and O–H groups in total. The second kappa shape index (κ2) is 5.46. The van der Waals surface area contributed by atoms with Crippen LogP contribution < -0.4 is 0 Å². The Kier molecular flexibility index (Phi) is 4.50. The second-order valence-electron chi connectivity index (χ2n) is 3.89. The van der Waals surface area contributed by atoms with Crippen molar-refractivity contribution in [1.29, 1.82) is 0 Å². The number of carboxylic acid groups (broad SMARTS) is 1. The third-order valence-corrected chi connectivity index (χ3v) is 4.74. The first kappa shape index (κ1) is 13.2. The zero-order chi connectivity index (χ0) is 12.3. The van der Waals surface area contributed by atoms with E-state index in [1.807, 2.05) is 13.8 Å². The van der Waals surface area contributed by atoms with Gasteiger partial charge in [-0.25, -0.2) is 0 Å². The summed E-state index contributed by atoms with van der Waals surface area (Å²) in [5, 5.41) is 9.45. The van der Waals surface area contributed by atoms with Gasteiger partial charge in [-0.2, -0.15) is 0 Å². The van der Waals surface area contributed by atoms with Crippen molar-refractivity contribution in [2.45, 2.75) is 42.9 Å². The van der Waals surface area contributed by atoms with Gasteiger partial charge in [0, 0.05) is 0 Å². The van der Waals surface area contributed by atoms with Crippen LogP contribution in [0.3, 0.4) is 0 Å². The number of amides is 2. The van der Waals surface area contributed by atoms with Crippen molar-refractivity contribution in [3.8, 4) is 0 Å². The van der Waals surface area contributed by atoms with Crippen LogP contribution in [-0.2, 0) is 14.4 Å². The number of nitrogens with zero attached hydrogens (tertiary/aromatic N) is 1. The fraction of sp³-hybridized carbons (Fsp3) is 0.700. The van der Waals surface area contributed by atoms with Crippen LogP contribution in [0.2, 0.25) is 10.1 Å². The summed E-state index contributed by atoms with van der Waals surface area (Å²) in [5.74, 6) is -1.78. The molecule has 1 rings (SSSR count). The van der Waals surface area contributed by atoms with Crippen molar-refractivity contribution in [3.63, 3.8) is 0 Å². The van der Waals surface area contributed by atoms with E-state index < -0.39 is 12.0 Å². The number of imide groups is 1. The molecule has 1 heterocycles. The molecule has 0 radical (unpaired) electrons. The Morgan fingerprint density at radius 1 is 1.38 bits per heavy atom. The third kappa shape index (κ3) is 3.06. The molecule has 0 aromatic heterocycles. The molecule has 1 saturated heterocycles. The Labute approximate surface area is 100 Å². The molecule has 0 aromatic carbocycles. The van der Waals surface area contributed by atoms with Gasteiger partial charge in [0.05, 0.1) is 0 Å². The fourth-order valence-corrected chi connectivity index (χ4v) is 3.28. The molecular weight excluding hydrogens is 277 g/mol. The standard InChI is InChI=1S/C10H15NO4Se/c1-6(2)16-5-7(10(14)15)11-8(12)3-4-9(11)13/h6-7H,3-5H2,1-2H3,(H,14,15). The van der Waals surface area contributed by atoms with Crippen LogP contribution in [-0.4, -0.2) is 48.8 Å². The predicted octanol–water partition coefficient (Wildman–Crippen LogP) is 0.539. The maximum absolute atomic E-state index is 11.4. The van der Waals surface area contributed by atoms with Crippen molar-refractivity contribution in [2.75, 3.05) is 0 Å². The van der Waals surface area contributed by atoms with Gasteiger partial charge in [0.1, 0.15) is 0 Å². The van der Waals surface area contributed by atoms with E-state index in [0.29, 0.717) is 10.1 Å². The summed E-state index contributed by atoms with van der Waals surface area (Å²) >= 11 is 0.131. The second-order valence-corrected chi connectivity index (χ2v) is 7.27. The van der Waals surface area contributed by atoms with Crippen LogP contribution in [0.15, 0.2) is 0 Å². The Bertz CT molecular complexity index is 300. The van der Waals surface area contributed by atoms with Crippen LogP contribution in [0, 0.1) is 0 Å². The molecule has 6 heteroatoms. The first-order chi connectivity index (χ1) is 7.43. The van der Waals surface area contributed by atoms with E-state index >= 15 is 0 Å². The molecule has 1 atom stereocenters. The molecule has 1 aliphatic heterocycles. The van der Waals surface area contributed by atoms with Gasteiger partial charge in [-0.3, -0.25) is 0 Å². The summed E-state index contributed by atoms with van der Waals surface area (Å²) in [4.78, 5) is 35.3. The third-order valence-electron chi connectivity index (χ3n) is 2.27. The molecule has 90 valence electrons. The molecule has 0 bridgehead atoms. The van der Waals surface area contributed by atoms with E-state index in [0.717, 1.165) is 4.90 Å². The fourth-order valence-electron chi connectivity index (χ4n) is 1.48. The van der Waals surface area contributed by atoms with Crippen molar-refractivity contribution in [2.24, 2.45) is 0 Å². The number of carboxylic acids is 1. The SMILES string of the molecule is CC(C)[Se]CC(C(=O)O)N1C(=O)CCC1=O. The molecule has 16 heavy (non-hydrogen) atoms. The number of carbonyl (C=O) groups excluding carboxylic acids is 2. The minimum absolute atomic E-state index is 0.131. The van der Waals surface area contributed by atoms with E-state index in [-0.39, 0.29) is 39.6 Å². The monoisotopic (exact) mass is 293 g/mol. The van der Waals surface area contributed by atoms with Gasteiger partial charge < -0.3 is 0 Å². The summed E-state index contributed by atoms with van der Waals surface area (Å²) in [6.07, 6.45) is 0.300. The molecular formula is C10H15NO4Se. The van der Waals surface area contributed by atoms with Crippen molar-refractivity contribution >= 4 is 32.7 Å². The molecule has 0 saturated carbocycles. The van der Waals surface area contributed by atoms with E-state index in [4.69, 9.17) is 5.11 Å². The summed E-state index contributed by atoms with van der Waals surface area (Å²) in [5.41, 5.74) is 0. The molecule has 0 aromatic rings. The number of rotatable bonds is 5. The molecule has 2 amide bonds. The Morgan fingerprint density at radius 2 is 1.88 bits per heavy atom. The van der Waals surface area contributed by atoms with Gasteiger partial charge in [0.15, 0.2) is 0 Å². The molecule has 5 nitrogen and oxygen atoms in total. The number of hydrogen-bond acceptors (Lipinski definition) is 3. The Hall–Kier alpha value is -0.871. The zero-order valence-electron chi connectivity index (χ0n) is 9.30. The Balaban J connectivity index is 2.73. The van der Waals surface area contributed by atoms with Gasteiger partial charge in [0.25, 0.3) is 0 Å². The van der Waals surface area contributed by atoms with Gasteiger partial charge >= 0.3 is 100.0 Å². The van der Waals surface area contributed by atoms with E-state index in [1.165, 1.54) is 0 Å². The average Bonchev–Trinajstić information content (AvgIpc) is 2.48. The van der Waals surface area contributed by atoms with E-state index in [1.54, 1.807) is 0 Å². The van der Waals surface area contributed by atoms with Gasteiger partial charge in [-0.05, 0) is 0 Å². The van der Waals surface area contributed by atoms with Crippen molar-refractivity contribution < 1.29 is 19.5 Å². The maximum atomic E-state index is 11.4. The first-order valence-corrected chi connectivity index (χ1v) is 7.32. The number of carbonyl (C=O) groups is 3. The molecule has 1 unspecified atom stereocenters. The van der Waals surface area contributed by atoms with Gasteiger partial charge in [-0.15, -0.1) is 0 Å². The van der Waals surface area contributed by atoms with E-state index in [2.05, 4.69) is 0 Å². The Morgan fingerprint density at radius 3 is 2.25 bits per heavy atom. The molecule has 1 fully saturated rings. The summed E-state index contributed by atoms with van der Waals surface area (Å²) < 4.78 is 0. The van der Waals surface area contributed by atoms with Crippen molar-refractivity contribution in [1.82, 2.24) is 4.90 Å².